The van der Waals surface area contributed by atoms with E-state index >= 15 is 0 Å². The van der Waals surface area contributed by atoms with Gasteiger partial charge in [0.1, 0.15) is 11.2 Å². The molecule has 0 amide bonds. The molecule has 3 aromatic heterocycles. The maximum atomic E-state index is 6.33. The van der Waals surface area contributed by atoms with E-state index in [9.17, 15) is 0 Å². The van der Waals surface area contributed by atoms with Crippen molar-refractivity contribution in [3.63, 3.8) is 0 Å². The van der Waals surface area contributed by atoms with E-state index in [4.69, 9.17) is 14.4 Å². The van der Waals surface area contributed by atoms with Crippen molar-refractivity contribution in [1.82, 2.24) is 9.97 Å². The summed E-state index contributed by atoms with van der Waals surface area (Å²) in [7, 11) is 0. The molecule has 0 N–H and O–H groups in total. The second-order valence-corrected chi connectivity index (χ2v) is 13.6. The van der Waals surface area contributed by atoms with Gasteiger partial charge in [0, 0.05) is 47.6 Å². The highest BCUT2D eigenvalue weighted by Gasteiger charge is 2.20. The fourth-order valence-electron chi connectivity index (χ4n) is 7.16. The highest BCUT2D eigenvalue weighted by molar-refractivity contribution is 7.26. The van der Waals surface area contributed by atoms with Gasteiger partial charge in [-0.15, -0.1) is 11.3 Å². The summed E-state index contributed by atoms with van der Waals surface area (Å²) in [4.78, 5) is 10.8. The van der Waals surface area contributed by atoms with Gasteiger partial charge in [-0.1, -0.05) is 127 Å². The van der Waals surface area contributed by atoms with Crippen LogP contribution in [0.25, 0.3) is 98.3 Å². The zero-order valence-electron chi connectivity index (χ0n) is 26.9. The Morgan fingerprint density at radius 1 is 0.380 bits per heavy atom. The van der Waals surface area contributed by atoms with Crippen LogP contribution in [0.3, 0.4) is 0 Å². The van der Waals surface area contributed by atoms with Crippen LogP contribution in [0.1, 0.15) is 0 Å². The molecule has 0 saturated carbocycles. The zero-order chi connectivity index (χ0) is 33.0. The van der Waals surface area contributed by atoms with Crippen LogP contribution in [0.15, 0.2) is 174 Å². The number of para-hydroxylation sites is 1. The minimum atomic E-state index is 0.693. The number of fused-ring (bicyclic) bond motifs is 6. The first kappa shape index (κ1) is 28.6. The smallest absolute Gasteiger partial charge is 0.161 e. The lowest BCUT2D eigenvalue weighted by atomic mass is 9.97. The second kappa shape index (κ2) is 11.7. The number of aromatic nitrogens is 2. The normalized spacial score (nSPS) is 11.6. The summed E-state index contributed by atoms with van der Waals surface area (Å²) in [5, 5.41) is 4.52. The Morgan fingerprint density at radius 3 is 1.86 bits per heavy atom. The first-order chi connectivity index (χ1) is 24.8. The SMILES string of the molecule is c1ccc(-c2cccc(-c3cc(-c4cccc5oc6ccccc6c45)nc(-c4cc(-c5ccccc5)cc5sc6ccccc6c45)n3)c2)cc1. The maximum absolute atomic E-state index is 6.33. The molecule has 0 unspecified atom stereocenters. The van der Waals surface area contributed by atoms with Crippen LogP contribution in [0, 0.1) is 0 Å². The molecule has 10 rings (SSSR count). The fraction of sp³-hybridized carbons (Fsp3) is 0. The van der Waals surface area contributed by atoms with Crippen LogP contribution in [0.2, 0.25) is 0 Å². The Balaban J connectivity index is 1.28. The number of furan rings is 1. The number of rotatable bonds is 5. The van der Waals surface area contributed by atoms with Crippen LogP contribution in [-0.2, 0) is 0 Å². The Labute approximate surface area is 292 Å². The number of thiophene rings is 1. The molecule has 0 aliphatic rings. The molecule has 0 saturated heterocycles. The number of nitrogens with zero attached hydrogens (tertiary/aromatic N) is 2. The molecule has 0 aliphatic carbocycles. The Morgan fingerprint density at radius 2 is 1.02 bits per heavy atom. The quantitative estimate of drug-likeness (QED) is 0.185. The second-order valence-electron chi connectivity index (χ2n) is 12.5. The van der Waals surface area contributed by atoms with Gasteiger partial charge < -0.3 is 4.42 Å². The Bertz CT molecular complexity index is 2870. The lowest BCUT2D eigenvalue weighted by molar-refractivity contribution is 0.669. The topological polar surface area (TPSA) is 38.9 Å². The summed E-state index contributed by atoms with van der Waals surface area (Å²) in [6.07, 6.45) is 0. The largest absolute Gasteiger partial charge is 0.456 e. The van der Waals surface area contributed by atoms with Crippen LogP contribution in [-0.4, -0.2) is 9.97 Å². The van der Waals surface area contributed by atoms with Gasteiger partial charge in [-0.3, -0.25) is 0 Å². The Kier molecular flexibility index (Phi) is 6.68. The van der Waals surface area contributed by atoms with Crippen molar-refractivity contribution >= 4 is 53.4 Å². The van der Waals surface area contributed by atoms with Gasteiger partial charge in [0.15, 0.2) is 5.82 Å². The van der Waals surface area contributed by atoms with E-state index in [0.29, 0.717) is 5.82 Å². The van der Waals surface area contributed by atoms with Gasteiger partial charge >= 0.3 is 0 Å². The molecule has 4 heteroatoms. The summed E-state index contributed by atoms with van der Waals surface area (Å²) < 4.78 is 8.79. The number of hydrogen-bond donors (Lipinski definition) is 0. The third-order valence-corrected chi connectivity index (χ3v) is 10.6. The summed E-state index contributed by atoms with van der Waals surface area (Å²) in [6, 6.07) is 59.6. The fourth-order valence-corrected chi connectivity index (χ4v) is 8.33. The molecule has 7 aromatic carbocycles. The summed E-state index contributed by atoms with van der Waals surface area (Å²) in [5.41, 5.74) is 11.1. The minimum Gasteiger partial charge on any atom is -0.456 e. The molecule has 0 spiro atoms. The van der Waals surface area contributed by atoms with Crippen molar-refractivity contribution in [2.24, 2.45) is 0 Å². The molecule has 50 heavy (non-hydrogen) atoms. The first-order valence-corrected chi connectivity index (χ1v) is 17.6. The van der Waals surface area contributed by atoms with E-state index in [0.717, 1.165) is 66.7 Å². The van der Waals surface area contributed by atoms with Crippen molar-refractivity contribution in [2.75, 3.05) is 0 Å². The highest BCUT2D eigenvalue weighted by Crippen LogP contribution is 2.44. The predicted molar refractivity (Wildman–Crippen MR) is 209 cm³/mol. The molecule has 0 bridgehead atoms. The summed E-state index contributed by atoms with van der Waals surface area (Å²) >= 11 is 1.82. The van der Waals surface area contributed by atoms with Gasteiger partial charge in [0.25, 0.3) is 0 Å². The van der Waals surface area contributed by atoms with Gasteiger partial charge in [0.2, 0.25) is 0 Å². The summed E-state index contributed by atoms with van der Waals surface area (Å²) in [5.74, 6) is 0.693. The molecule has 3 heterocycles. The van der Waals surface area contributed by atoms with E-state index in [1.54, 1.807) is 0 Å². The predicted octanol–water partition coefficient (Wildman–Crippen LogP) is 13.1. The molecular weight excluding hydrogens is 629 g/mol. The van der Waals surface area contributed by atoms with Gasteiger partial charge in [-0.25, -0.2) is 9.97 Å². The third kappa shape index (κ3) is 4.80. The van der Waals surface area contributed by atoms with Crippen LogP contribution in [0.5, 0.6) is 0 Å². The maximum Gasteiger partial charge on any atom is 0.161 e. The van der Waals surface area contributed by atoms with Crippen molar-refractivity contribution in [3.8, 4) is 56.2 Å². The standard InChI is InChI=1S/C46H28N2OS/c1-3-13-29(14-4-1)31-17-11-18-32(25-31)38-28-39(34-21-12-23-41-44(34)35-19-7-9-22-40(35)49-41)48-46(47-38)37-26-33(30-15-5-2-6-16-30)27-43-45(37)36-20-8-10-24-42(36)50-43/h1-28H. The van der Waals surface area contributed by atoms with E-state index < -0.39 is 0 Å². The van der Waals surface area contributed by atoms with Crippen LogP contribution < -0.4 is 0 Å². The minimum absolute atomic E-state index is 0.693. The van der Waals surface area contributed by atoms with Crippen molar-refractivity contribution in [1.29, 1.82) is 0 Å². The molecule has 10 aromatic rings. The Hall–Kier alpha value is -6.36. The van der Waals surface area contributed by atoms with E-state index in [1.807, 2.05) is 29.5 Å². The first-order valence-electron chi connectivity index (χ1n) is 16.7. The van der Waals surface area contributed by atoms with Crippen molar-refractivity contribution < 1.29 is 4.42 Å². The molecule has 0 fully saturated rings. The average Bonchev–Trinajstić information content (AvgIpc) is 3.77. The average molecular weight is 657 g/mol. The van der Waals surface area contributed by atoms with E-state index in [-0.39, 0.29) is 0 Å². The van der Waals surface area contributed by atoms with E-state index in [2.05, 4.69) is 152 Å². The molecule has 234 valence electrons. The lowest BCUT2D eigenvalue weighted by Crippen LogP contribution is -1.97. The zero-order valence-corrected chi connectivity index (χ0v) is 27.7. The van der Waals surface area contributed by atoms with Gasteiger partial charge in [0.05, 0.1) is 11.4 Å². The third-order valence-electron chi connectivity index (χ3n) is 9.50. The molecular formula is C46H28N2OS. The highest BCUT2D eigenvalue weighted by atomic mass is 32.1. The molecule has 0 aliphatic heterocycles. The van der Waals surface area contributed by atoms with Crippen molar-refractivity contribution in [3.05, 3.63) is 170 Å². The van der Waals surface area contributed by atoms with Gasteiger partial charge in [-0.05, 0) is 64.7 Å². The molecule has 0 atom stereocenters. The summed E-state index contributed by atoms with van der Waals surface area (Å²) in [6.45, 7) is 0. The number of hydrogen-bond acceptors (Lipinski definition) is 4. The number of benzene rings is 7. The van der Waals surface area contributed by atoms with Crippen molar-refractivity contribution in [2.45, 2.75) is 0 Å². The van der Waals surface area contributed by atoms with E-state index in [1.165, 1.54) is 25.7 Å². The molecule has 3 nitrogen and oxygen atoms in total. The van der Waals surface area contributed by atoms with Crippen LogP contribution in [0.4, 0.5) is 0 Å². The van der Waals surface area contributed by atoms with Crippen LogP contribution >= 0.6 is 11.3 Å². The lowest BCUT2D eigenvalue weighted by Gasteiger charge is -2.13. The van der Waals surface area contributed by atoms with Gasteiger partial charge in [-0.2, -0.15) is 0 Å². The molecule has 0 radical (unpaired) electrons. The monoisotopic (exact) mass is 656 g/mol.